The molecule has 3 aromatic rings. The maximum atomic E-state index is 4.56. The molecule has 20 heavy (non-hydrogen) atoms. The molecule has 0 aliphatic heterocycles. The van der Waals surface area contributed by atoms with Crippen LogP contribution in [0, 0.1) is 0 Å². The van der Waals surface area contributed by atoms with Gasteiger partial charge < -0.3 is 15.6 Å². The third kappa shape index (κ3) is 2.56. The first kappa shape index (κ1) is 12.5. The van der Waals surface area contributed by atoms with Gasteiger partial charge >= 0.3 is 0 Å². The zero-order chi connectivity index (χ0) is 13.9. The van der Waals surface area contributed by atoms with Crippen molar-refractivity contribution in [3.63, 3.8) is 0 Å². The van der Waals surface area contributed by atoms with Gasteiger partial charge in [-0.2, -0.15) is 9.97 Å². The zero-order valence-corrected chi connectivity index (χ0v) is 11.5. The second-order valence-corrected chi connectivity index (χ2v) is 4.93. The number of fused-ring (bicyclic) bond motifs is 1. The lowest BCUT2D eigenvalue weighted by Crippen LogP contribution is -2.12. The van der Waals surface area contributed by atoms with Crippen molar-refractivity contribution in [1.82, 2.24) is 15.0 Å². The molecule has 1 aromatic carbocycles. The molecule has 2 aromatic heterocycles. The molecule has 3 N–H and O–H groups in total. The standard InChI is InChI=1S/C15H17N5/c1-10(2)17-14-12-8-9-16-13(12)19-15(20-14)18-11-6-4-3-5-7-11/h3-10H,1-2H3,(H3,16,17,18,19,20). The molecule has 2 heterocycles. The molecule has 102 valence electrons. The lowest BCUT2D eigenvalue weighted by atomic mass is 10.3. The highest BCUT2D eigenvalue weighted by Gasteiger charge is 2.09. The molecular formula is C15H17N5. The van der Waals surface area contributed by atoms with Crippen LogP contribution in [0.1, 0.15) is 13.8 Å². The van der Waals surface area contributed by atoms with E-state index in [1.165, 1.54) is 0 Å². The Bertz CT molecular complexity index is 703. The van der Waals surface area contributed by atoms with E-state index >= 15 is 0 Å². The van der Waals surface area contributed by atoms with E-state index in [1.807, 2.05) is 42.6 Å². The van der Waals surface area contributed by atoms with Crippen LogP contribution in [0.25, 0.3) is 11.0 Å². The zero-order valence-electron chi connectivity index (χ0n) is 11.5. The van der Waals surface area contributed by atoms with Gasteiger partial charge in [-0.15, -0.1) is 0 Å². The Morgan fingerprint density at radius 2 is 1.85 bits per heavy atom. The van der Waals surface area contributed by atoms with E-state index in [0.29, 0.717) is 12.0 Å². The first-order valence-electron chi connectivity index (χ1n) is 6.66. The highest BCUT2D eigenvalue weighted by atomic mass is 15.2. The predicted molar refractivity (Wildman–Crippen MR) is 82.4 cm³/mol. The molecule has 0 aliphatic carbocycles. The second-order valence-electron chi connectivity index (χ2n) is 4.93. The van der Waals surface area contributed by atoms with E-state index in [-0.39, 0.29) is 0 Å². The van der Waals surface area contributed by atoms with Crippen LogP contribution in [0.3, 0.4) is 0 Å². The van der Waals surface area contributed by atoms with Gasteiger partial charge in [0.1, 0.15) is 11.5 Å². The van der Waals surface area contributed by atoms with Gasteiger partial charge in [-0.3, -0.25) is 0 Å². The molecule has 0 saturated heterocycles. The van der Waals surface area contributed by atoms with Crippen molar-refractivity contribution < 1.29 is 0 Å². The van der Waals surface area contributed by atoms with Gasteiger partial charge in [0.05, 0.1) is 5.39 Å². The number of anilines is 3. The predicted octanol–water partition coefficient (Wildman–Crippen LogP) is 3.52. The van der Waals surface area contributed by atoms with E-state index in [1.54, 1.807) is 0 Å². The average molecular weight is 267 g/mol. The summed E-state index contributed by atoms with van der Waals surface area (Å²) in [5.74, 6) is 1.42. The lowest BCUT2D eigenvalue weighted by Gasteiger charge is -2.12. The smallest absolute Gasteiger partial charge is 0.231 e. The number of para-hydroxylation sites is 1. The molecule has 5 heteroatoms. The molecule has 3 rings (SSSR count). The fourth-order valence-corrected chi connectivity index (χ4v) is 2.03. The molecule has 0 unspecified atom stereocenters. The Morgan fingerprint density at radius 3 is 2.60 bits per heavy atom. The van der Waals surface area contributed by atoms with Crippen molar-refractivity contribution in [2.75, 3.05) is 10.6 Å². The number of H-pyrrole nitrogens is 1. The molecule has 0 spiro atoms. The van der Waals surface area contributed by atoms with Gasteiger partial charge in [-0.05, 0) is 32.0 Å². The summed E-state index contributed by atoms with van der Waals surface area (Å²) < 4.78 is 0. The number of benzene rings is 1. The summed E-state index contributed by atoms with van der Waals surface area (Å²) in [5, 5.41) is 7.56. The molecule has 0 saturated carbocycles. The van der Waals surface area contributed by atoms with Gasteiger partial charge in [0.15, 0.2) is 0 Å². The highest BCUT2D eigenvalue weighted by Crippen LogP contribution is 2.23. The van der Waals surface area contributed by atoms with Crippen molar-refractivity contribution in [3.8, 4) is 0 Å². The average Bonchev–Trinajstić information content (AvgIpc) is 2.88. The number of hydrogen-bond donors (Lipinski definition) is 3. The molecule has 0 atom stereocenters. The number of hydrogen-bond acceptors (Lipinski definition) is 4. The first-order chi connectivity index (χ1) is 9.72. The van der Waals surface area contributed by atoms with Crippen molar-refractivity contribution in [1.29, 1.82) is 0 Å². The van der Waals surface area contributed by atoms with Crippen LogP contribution in [0.4, 0.5) is 17.5 Å². The van der Waals surface area contributed by atoms with Crippen molar-refractivity contribution in [2.24, 2.45) is 0 Å². The molecule has 0 amide bonds. The van der Waals surface area contributed by atoms with E-state index in [4.69, 9.17) is 0 Å². The molecule has 5 nitrogen and oxygen atoms in total. The summed E-state index contributed by atoms with van der Waals surface area (Å²) in [5.41, 5.74) is 1.79. The normalized spacial score (nSPS) is 10.9. The quantitative estimate of drug-likeness (QED) is 0.676. The monoisotopic (exact) mass is 267 g/mol. The summed E-state index contributed by atoms with van der Waals surface area (Å²) in [6.45, 7) is 4.18. The Hall–Kier alpha value is -2.56. The summed E-state index contributed by atoms with van der Waals surface area (Å²) >= 11 is 0. The topological polar surface area (TPSA) is 65.6 Å². The Kier molecular flexibility index (Phi) is 3.25. The van der Waals surface area contributed by atoms with Crippen molar-refractivity contribution >= 4 is 28.5 Å². The van der Waals surface area contributed by atoms with E-state index < -0.39 is 0 Å². The van der Waals surface area contributed by atoms with Crippen LogP contribution in [0.5, 0.6) is 0 Å². The van der Waals surface area contributed by atoms with Gasteiger partial charge in [0.2, 0.25) is 5.95 Å². The molecular weight excluding hydrogens is 250 g/mol. The number of aromatic amines is 1. The van der Waals surface area contributed by atoms with Crippen molar-refractivity contribution in [2.45, 2.75) is 19.9 Å². The molecule has 0 aliphatic rings. The second kappa shape index (κ2) is 5.21. The fraction of sp³-hybridized carbons (Fsp3) is 0.200. The number of aromatic nitrogens is 3. The van der Waals surface area contributed by atoms with Gasteiger partial charge in [-0.1, -0.05) is 18.2 Å². The minimum atomic E-state index is 0.313. The SMILES string of the molecule is CC(C)Nc1nc(Nc2ccccc2)nc2[nH]ccc12. The van der Waals surface area contributed by atoms with Gasteiger partial charge in [0.25, 0.3) is 0 Å². The number of rotatable bonds is 4. The largest absolute Gasteiger partial charge is 0.367 e. The Morgan fingerprint density at radius 1 is 1.05 bits per heavy atom. The number of nitrogens with zero attached hydrogens (tertiary/aromatic N) is 2. The van der Waals surface area contributed by atoms with E-state index in [9.17, 15) is 0 Å². The fourth-order valence-electron chi connectivity index (χ4n) is 2.03. The summed E-state index contributed by atoms with van der Waals surface area (Å²) in [6, 6.07) is 12.2. The summed E-state index contributed by atoms with van der Waals surface area (Å²) in [6.07, 6.45) is 1.87. The minimum absolute atomic E-state index is 0.313. The van der Waals surface area contributed by atoms with Crippen LogP contribution in [0.2, 0.25) is 0 Å². The van der Waals surface area contributed by atoms with Crippen LogP contribution < -0.4 is 10.6 Å². The minimum Gasteiger partial charge on any atom is -0.367 e. The highest BCUT2D eigenvalue weighted by molar-refractivity contribution is 5.88. The summed E-state index contributed by atoms with van der Waals surface area (Å²) in [7, 11) is 0. The van der Waals surface area contributed by atoms with E-state index in [0.717, 1.165) is 22.5 Å². The third-order valence-electron chi connectivity index (χ3n) is 2.87. The first-order valence-corrected chi connectivity index (χ1v) is 6.66. The van der Waals surface area contributed by atoms with Crippen molar-refractivity contribution in [3.05, 3.63) is 42.6 Å². The Balaban J connectivity index is 1.99. The molecule has 0 radical (unpaired) electrons. The van der Waals surface area contributed by atoms with Crippen LogP contribution in [-0.4, -0.2) is 21.0 Å². The Labute approximate surface area is 117 Å². The van der Waals surface area contributed by atoms with Crippen LogP contribution in [0.15, 0.2) is 42.6 Å². The van der Waals surface area contributed by atoms with Gasteiger partial charge in [0, 0.05) is 17.9 Å². The summed E-state index contributed by atoms with van der Waals surface area (Å²) in [4.78, 5) is 12.2. The molecule has 0 bridgehead atoms. The maximum absolute atomic E-state index is 4.56. The third-order valence-corrected chi connectivity index (χ3v) is 2.87. The lowest BCUT2D eigenvalue weighted by molar-refractivity contribution is 0.891. The van der Waals surface area contributed by atoms with Gasteiger partial charge in [-0.25, -0.2) is 0 Å². The van der Waals surface area contributed by atoms with Crippen LogP contribution >= 0.6 is 0 Å². The molecule has 0 fully saturated rings. The number of nitrogens with one attached hydrogen (secondary N) is 3. The van der Waals surface area contributed by atoms with Crippen LogP contribution in [-0.2, 0) is 0 Å². The van der Waals surface area contributed by atoms with E-state index in [2.05, 4.69) is 39.4 Å². The maximum Gasteiger partial charge on any atom is 0.231 e.